The number of carbonyl (C=O) groups is 2. The quantitative estimate of drug-likeness (QED) is 0.767. The summed E-state index contributed by atoms with van der Waals surface area (Å²) in [5.74, 6) is -0.153. The van der Waals surface area contributed by atoms with E-state index in [1.807, 2.05) is 4.90 Å². The zero-order valence-electron chi connectivity index (χ0n) is 13.5. The highest BCUT2D eigenvalue weighted by molar-refractivity contribution is 5.98. The molecule has 1 aromatic carbocycles. The molecule has 0 radical (unpaired) electrons. The molecule has 3 N–H and O–H groups in total. The van der Waals surface area contributed by atoms with Crippen molar-refractivity contribution in [2.24, 2.45) is 0 Å². The minimum Gasteiger partial charge on any atom is -0.392 e. The van der Waals surface area contributed by atoms with E-state index >= 15 is 0 Å². The number of rotatable bonds is 3. The Hall–Kier alpha value is -1.63. The molecule has 2 heterocycles. The van der Waals surface area contributed by atoms with Gasteiger partial charge in [0.2, 0.25) is 5.91 Å². The number of benzene rings is 1. The van der Waals surface area contributed by atoms with Gasteiger partial charge in [-0.2, -0.15) is 0 Å². The van der Waals surface area contributed by atoms with E-state index in [4.69, 9.17) is 0 Å². The molecule has 0 bridgehead atoms. The molecule has 2 amide bonds. The van der Waals surface area contributed by atoms with Crippen molar-refractivity contribution in [3.63, 3.8) is 0 Å². The maximum Gasteiger partial charge on any atom is 0.253 e. The molecule has 2 aliphatic heterocycles. The van der Waals surface area contributed by atoms with Crippen LogP contribution in [0.1, 0.15) is 36.0 Å². The normalized spacial score (nSPS) is 23.5. The molecule has 24 heavy (non-hydrogen) atoms. The summed E-state index contributed by atoms with van der Waals surface area (Å²) in [7, 11) is 0. The molecule has 2 atom stereocenters. The average molecular weight is 354 g/mol. The van der Waals surface area contributed by atoms with Crippen molar-refractivity contribution in [2.45, 2.75) is 37.8 Å². The summed E-state index contributed by atoms with van der Waals surface area (Å²) in [4.78, 5) is 26.5. The minimum atomic E-state index is -0.474. The number of piperidine rings is 1. The largest absolute Gasteiger partial charge is 0.392 e. The topological polar surface area (TPSA) is 81.7 Å². The molecule has 0 aromatic heterocycles. The molecule has 7 heteroatoms. The summed E-state index contributed by atoms with van der Waals surface area (Å²) in [5.41, 5.74) is 1.21. The standard InChI is InChI=1S/C17H23N3O3.ClH/c21-14-10-15(18-11-14)16(22)19-13-6-4-5-12(9-13)17(23)20-7-2-1-3-8-20;/h4-6,9,14-15,18,21H,1-3,7-8,10-11H2,(H,19,22);1H. The van der Waals surface area contributed by atoms with Crippen molar-refractivity contribution in [3.8, 4) is 0 Å². The number of carbonyl (C=O) groups excluding carboxylic acids is 2. The first-order valence-electron chi connectivity index (χ1n) is 8.25. The van der Waals surface area contributed by atoms with Gasteiger partial charge in [0.05, 0.1) is 12.1 Å². The van der Waals surface area contributed by atoms with Crippen molar-refractivity contribution in [2.75, 3.05) is 25.0 Å². The van der Waals surface area contributed by atoms with E-state index in [2.05, 4.69) is 10.6 Å². The van der Waals surface area contributed by atoms with Crippen LogP contribution in [0.15, 0.2) is 24.3 Å². The second-order valence-electron chi connectivity index (χ2n) is 6.27. The maximum absolute atomic E-state index is 12.5. The summed E-state index contributed by atoms with van der Waals surface area (Å²) >= 11 is 0. The Morgan fingerprint density at radius 3 is 2.62 bits per heavy atom. The van der Waals surface area contributed by atoms with Gasteiger partial charge in [0.15, 0.2) is 0 Å². The SMILES string of the molecule is Cl.O=C(Nc1cccc(C(=O)N2CCCCC2)c1)C1CC(O)CN1. The molecule has 2 fully saturated rings. The molecule has 0 saturated carbocycles. The summed E-state index contributed by atoms with van der Waals surface area (Å²) in [6, 6.07) is 6.68. The fourth-order valence-corrected chi connectivity index (χ4v) is 3.16. The highest BCUT2D eigenvalue weighted by Crippen LogP contribution is 2.17. The van der Waals surface area contributed by atoms with Crippen molar-refractivity contribution in [3.05, 3.63) is 29.8 Å². The summed E-state index contributed by atoms with van der Waals surface area (Å²) in [6.07, 6.45) is 3.23. The zero-order chi connectivity index (χ0) is 16.2. The van der Waals surface area contributed by atoms with Crippen LogP contribution < -0.4 is 10.6 Å². The summed E-state index contributed by atoms with van der Waals surface area (Å²) in [6.45, 7) is 2.05. The zero-order valence-corrected chi connectivity index (χ0v) is 14.3. The molecule has 2 saturated heterocycles. The number of hydrogen-bond donors (Lipinski definition) is 3. The Balaban J connectivity index is 0.00000208. The molecule has 0 spiro atoms. The lowest BCUT2D eigenvalue weighted by atomic mass is 10.1. The number of nitrogens with zero attached hydrogens (tertiary/aromatic N) is 1. The van der Waals surface area contributed by atoms with Crippen LogP contribution in [-0.4, -0.2) is 53.6 Å². The third kappa shape index (κ3) is 4.47. The van der Waals surface area contributed by atoms with E-state index in [-0.39, 0.29) is 30.3 Å². The predicted molar refractivity (Wildman–Crippen MR) is 94.5 cm³/mol. The number of anilines is 1. The van der Waals surface area contributed by atoms with Crippen LogP contribution in [-0.2, 0) is 4.79 Å². The van der Waals surface area contributed by atoms with E-state index in [9.17, 15) is 14.7 Å². The number of β-amino-alcohol motifs (C(OH)–C–C–N with tert-alkyl or cyclic N) is 1. The van der Waals surface area contributed by atoms with Gasteiger partial charge in [-0.1, -0.05) is 6.07 Å². The molecule has 2 unspecified atom stereocenters. The van der Waals surface area contributed by atoms with Gasteiger partial charge >= 0.3 is 0 Å². The Morgan fingerprint density at radius 2 is 1.96 bits per heavy atom. The van der Waals surface area contributed by atoms with Crippen LogP contribution in [0, 0.1) is 0 Å². The second-order valence-corrected chi connectivity index (χ2v) is 6.27. The number of aliphatic hydroxyl groups is 1. The van der Waals surface area contributed by atoms with Gasteiger partial charge in [0.25, 0.3) is 5.91 Å². The Morgan fingerprint density at radius 1 is 1.21 bits per heavy atom. The number of likely N-dealkylation sites (tertiary alicyclic amines) is 1. The highest BCUT2D eigenvalue weighted by Gasteiger charge is 2.28. The van der Waals surface area contributed by atoms with Crippen LogP contribution in [0.4, 0.5) is 5.69 Å². The van der Waals surface area contributed by atoms with Gasteiger partial charge in [-0.25, -0.2) is 0 Å². The number of hydrogen-bond acceptors (Lipinski definition) is 4. The molecule has 132 valence electrons. The van der Waals surface area contributed by atoms with Crippen molar-refractivity contribution in [1.29, 1.82) is 0 Å². The summed E-state index contributed by atoms with van der Waals surface area (Å²) in [5, 5.41) is 15.3. The Bertz CT molecular complexity index is 590. The van der Waals surface area contributed by atoms with Crippen LogP contribution in [0.2, 0.25) is 0 Å². The van der Waals surface area contributed by atoms with Crippen molar-refractivity contribution >= 4 is 29.9 Å². The minimum absolute atomic E-state index is 0. The van der Waals surface area contributed by atoms with Gasteiger partial charge in [-0.3, -0.25) is 9.59 Å². The first-order chi connectivity index (χ1) is 11.1. The third-order valence-corrected chi connectivity index (χ3v) is 4.44. The lowest BCUT2D eigenvalue weighted by Gasteiger charge is -2.26. The van der Waals surface area contributed by atoms with Gasteiger partial charge in [0, 0.05) is 30.9 Å². The average Bonchev–Trinajstić information content (AvgIpc) is 3.02. The van der Waals surface area contributed by atoms with Crippen LogP contribution in [0.3, 0.4) is 0 Å². The lowest BCUT2D eigenvalue weighted by molar-refractivity contribution is -0.117. The van der Waals surface area contributed by atoms with Gasteiger partial charge < -0.3 is 20.6 Å². The molecule has 1 aromatic rings. The van der Waals surface area contributed by atoms with Gasteiger partial charge in [0.1, 0.15) is 0 Å². The van der Waals surface area contributed by atoms with E-state index in [0.717, 1.165) is 25.9 Å². The summed E-state index contributed by atoms with van der Waals surface area (Å²) < 4.78 is 0. The number of amides is 2. The van der Waals surface area contributed by atoms with Crippen LogP contribution in [0.5, 0.6) is 0 Å². The fourth-order valence-electron chi connectivity index (χ4n) is 3.16. The first kappa shape index (κ1) is 18.7. The molecule has 2 aliphatic rings. The first-order valence-corrected chi connectivity index (χ1v) is 8.25. The molecule has 3 rings (SSSR count). The highest BCUT2D eigenvalue weighted by atomic mass is 35.5. The Labute approximate surface area is 148 Å². The second kappa shape index (κ2) is 8.46. The van der Waals surface area contributed by atoms with E-state index in [1.54, 1.807) is 24.3 Å². The monoisotopic (exact) mass is 353 g/mol. The molecular formula is C17H24ClN3O3. The van der Waals surface area contributed by atoms with E-state index in [0.29, 0.717) is 24.2 Å². The van der Waals surface area contributed by atoms with E-state index < -0.39 is 6.10 Å². The predicted octanol–water partition coefficient (Wildman–Crippen LogP) is 1.40. The Kier molecular flexibility index (Phi) is 6.60. The molecule has 6 nitrogen and oxygen atoms in total. The molecule has 0 aliphatic carbocycles. The van der Waals surface area contributed by atoms with Crippen molar-refractivity contribution < 1.29 is 14.7 Å². The lowest BCUT2D eigenvalue weighted by Crippen LogP contribution is -2.36. The van der Waals surface area contributed by atoms with Gasteiger partial charge in [-0.05, 0) is 43.9 Å². The fraction of sp³-hybridized carbons (Fsp3) is 0.529. The van der Waals surface area contributed by atoms with Crippen LogP contribution in [0.25, 0.3) is 0 Å². The maximum atomic E-state index is 12.5. The van der Waals surface area contributed by atoms with Crippen molar-refractivity contribution in [1.82, 2.24) is 10.2 Å². The van der Waals surface area contributed by atoms with Gasteiger partial charge in [-0.15, -0.1) is 12.4 Å². The van der Waals surface area contributed by atoms with Crippen LogP contribution >= 0.6 is 12.4 Å². The number of aliphatic hydroxyl groups excluding tert-OH is 1. The third-order valence-electron chi connectivity index (χ3n) is 4.44. The number of halogens is 1. The number of nitrogens with one attached hydrogen (secondary N) is 2. The molecular weight excluding hydrogens is 330 g/mol. The van der Waals surface area contributed by atoms with E-state index in [1.165, 1.54) is 6.42 Å². The smallest absolute Gasteiger partial charge is 0.253 e.